The minimum Gasteiger partial charge on any atom is -0.393 e. The molecule has 3 unspecified atom stereocenters. The lowest BCUT2D eigenvalue weighted by atomic mass is 9.76. The molecule has 6 rings (SSSR count). The summed E-state index contributed by atoms with van der Waals surface area (Å²) in [5, 5.41) is 12.8. The molecule has 0 spiro atoms. The van der Waals surface area contributed by atoms with Gasteiger partial charge in [-0.2, -0.15) is 4.57 Å². The average molecular weight is 547 g/mol. The highest BCUT2D eigenvalue weighted by molar-refractivity contribution is 5.99. The zero-order valence-electron chi connectivity index (χ0n) is 25.4. The Labute approximate surface area is 245 Å². The molecule has 0 fully saturated rings. The van der Waals surface area contributed by atoms with Gasteiger partial charge in [-0.25, -0.2) is 0 Å². The summed E-state index contributed by atoms with van der Waals surface area (Å²) in [6.45, 7) is 13.9. The number of rotatable bonds is 8. The van der Waals surface area contributed by atoms with E-state index in [-0.39, 0.29) is 17.6 Å². The van der Waals surface area contributed by atoms with Crippen LogP contribution in [-0.2, 0) is 16.6 Å². The summed E-state index contributed by atoms with van der Waals surface area (Å²) in [7, 11) is 0. The van der Waals surface area contributed by atoms with E-state index in [1.165, 1.54) is 55.5 Å². The van der Waals surface area contributed by atoms with Gasteiger partial charge in [-0.05, 0) is 76.8 Å². The van der Waals surface area contributed by atoms with Crippen molar-refractivity contribution in [1.29, 1.82) is 0 Å². The van der Waals surface area contributed by atoms with Crippen LogP contribution in [0.3, 0.4) is 0 Å². The number of aliphatic hydroxyl groups excluding tert-OH is 1. The van der Waals surface area contributed by atoms with Gasteiger partial charge in [-0.3, -0.25) is 0 Å². The van der Waals surface area contributed by atoms with Gasteiger partial charge in [0, 0.05) is 23.6 Å². The molecule has 0 saturated heterocycles. The number of hydrogen-bond donors (Lipinski definition) is 1. The van der Waals surface area contributed by atoms with Gasteiger partial charge >= 0.3 is 0 Å². The third kappa shape index (κ3) is 4.73. The van der Waals surface area contributed by atoms with Gasteiger partial charge in [0.2, 0.25) is 5.69 Å². The van der Waals surface area contributed by atoms with E-state index >= 15 is 0 Å². The van der Waals surface area contributed by atoms with E-state index in [4.69, 9.17) is 4.74 Å². The van der Waals surface area contributed by atoms with Crippen molar-refractivity contribution < 1.29 is 14.4 Å². The highest BCUT2D eigenvalue weighted by atomic mass is 16.5. The predicted molar refractivity (Wildman–Crippen MR) is 170 cm³/mol. The number of fused-ring (bicyclic) bond motifs is 9. The first-order chi connectivity index (χ1) is 19.7. The number of aliphatic hydroxyl groups is 1. The minimum absolute atomic E-state index is 0.108. The van der Waals surface area contributed by atoms with Crippen LogP contribution in [0.1, 0.15) is 71.1 Å². The Hall–Kier alpha value is -3.27. The SMILES string of the molecule is CCC(C(C)O)[C@@H](C)CC(C)OC/C=C1/Cc2ccc3c(c2-c2cccc[n+]21)C(C)(C)c1c-3ccc2ccccc12. The Morgan fingerprint density at radius 1 is 0.927 bits per heavy atom. The summed E-state index contributed by atoms with van der Waals surface area (Å²) in [5.41, 5.74) is 10.8. The summed E-state index contributed by atoms with van der Waals surface area (Å²) in [5.74, 6) is 0.734. The molecule has 0 bridgehead atoms. The molecule has 1 aliphatic carbocycles. The van der Waals surface area contributed by atoms with Crippen LogP contribution in [-0.4, -0.2) is 23.9 Å². The molecule has 1 aliphatic heterocycles. The Morgan fingerprint density at radius 2 is 1.66 bits per heavy atom. The van der Waals surface area contributed by atoms with E-state index in [0.29, 0.717) is 18.4 Å². The minimum atomic E-state index is -0.280. The number of pyridine rings is 1. The first-order valence-electron chi connectivity index (χ1n) is 15.4. The molecule has 3 nitrogen and oxygen atoms in total. The molecule has 0 amide bonds. The van der Waals surface area contributed by atoms with Gasteiger partial charge in [0.25, 0.3) is 0 Å². The fourth-order valence-corrected chi connectivity index (χ4v) is 7.90. The Morgan fingerprint density at radius 3 is 2.44 bits per heavy atom. The van der Waals surface area contributed by atoms with Gasteiger partial charge in [0.1, 0.15) is 0 Å². The van der Waals surface area contributed by atoms with Crippen molar-refractivity contribution in [2.75, 3.05) is 6.61 Å². The van der Waals surface area contributed by atoms with Gasteiger partial charge in [0.05, 0.1) is 30.8 Å². The number of allylic oxidation sites excluding steroid dienone is 1. The molecule has 0 radical (unpaired) electrons. The van der Waals surface area contributed by atoms with E-state index in [0.717, 1.165) is 19.3 Å². The predicted octanol–water partition coefficient (Wildman–Crippen LogP) is 8.34. The molecule has 0 saturated carbocycles. The molecule has 1 N–H and O–H groups in total. The Bertz CT molecular complexity index is 1630. The number of nitrogens with zero attached hydrogens (tertiary/aromatic N) is 1. The van der Waals surface area contributed by atoms with Crippen LogP contribution in [0, 0.1) is 11.8 Å². The fourth-order valence-electron chi connectivity index (χ4n) is 7.90. The zero-order valence-corrected chi connectivity index (χ0v) is 25.4. The molecule has 212 valence electrons. The van der Waals surface area contributed by atoms with Crippen molar-refractivity contribution >= 4 is 16.5 Å². The molecule has 2 aliphatic rings. The van der Waals surface area contributed by atoms with Crippen LogP contribution >= 0.6 is 0 Å². The highest BCUT2D eigenvalue weighted by Crippen LogP contribution is 2.55. The molecule has 41 heavy (non-hydrogen) atoms. The van der Waals surface area contributed by atoms with Crippen LogP contribution in [0.25, 0.3) is 38.9 Å². The van der Waals surface area contributed by atoms with E-state index in [9.17, 15) is 5.11 Å². The lowest BCUT2D eigenvalue weighted by molar-refractivity contribution is -0.572. The molecule has 3 heteroatoms. The van der Waals surface area contributed by atoms with Crippen molar-refractivity contribution in [2.24, 2.45) is 11.8 Å². The molecule has 3 aromatic carbocycles. The summed E-state index contributed by atoms with van der Waals surface area (Å²) < 4.78 is 8.68. The van der Waals surface area contributed by atoms with Gasteiger partial charge in [-0.15, -0.1) is 0 Å². The monoisotopic (exact) mass is 546 g/mol. The average Bonchev–Trinajstić information content (AvgIpc) is 3.19. The van der Waals surface area contributed by atoms with E-state index in [1.54, 1.807) is 0 Å². The van der Waals surface area contributed by atoms with Crippen molar-refractivity contribution in [2.45, 2.75) is 78.4 Å². The topological polar surface area (TPSA) is 33.3 Å². The van der Waals surface area contributed by atoms with Gasteiger partial charge in [-0.1, -0.05) is 82.6 Å². The second-order valence-electron chi connectivity index (χ2n) is 12.9. The lowest BCUT2D eigenvalue weighted by Crippen LogP contribution is -2.39. The summed E-state index contributed by atoms with van der Waals surface area (Å²) in [6, 6.07) is 24.7. The summed E-state index contributed by atoms with van der Waals surface area (Å²) >= 11 is 0. The first kappa shape index (κ1) is 27.9. The maximum absolute atomic E-state index is 10.2. The highest BCUT2D eigenvalue weighted by Gasteiger charge is 2.43. The third-order valence-electron chi connectivity index (χ3n) is 9.78. The number of benzene rings is 3. The van der Waals surface area contributed by atoms with Gasteiger partial charge in [0.15, 0.2) is 11.9 Å². The normalized spacial score (nSPS) is 18.8. The molecular formula is C38H44NO2+. The fraction of sp³-hybridized carbons (Fsp3) is 0.395. The van der Waals surface area contributed by atoms with Gasteiger partial charge < -0.3 is 9.84 Å². The molecule has 2 heterocycles. The Kier molecular flexibility index (Phi) is 7.38. The van der Waals surface area contributed by atoms with E-state index < -0.39 is 0 Å². The lowest BCUT2D eigenvalue weighted by Gasteiger charge is -2.28. The quantitative estimate of drug-likeness (QED) is 0.225. The van der Waals surface area contributed by atoms with Crippen molar-refractivity contribution in [3.63, 3.8) is 0 Å². The third-order valence-corrected chi connectivity index (χ3v) is 9.78. The Balaban J connectivity index is 1.32. The largest absolute Gasteiger partial charge is 0.393 e. The number of ether oxygens (including phenoxy) is 1. The number of hydrogen-bond acceptors (Lipinski definition) is 2. The molecule has 1 aromatic heterocycles. The van der Waals surface area contributed by atoms with E-state index in [1.807, 2.05) is 6.92 Å². The standard InChI is InChI=1S/C38H44NO2/c1-7-30(26(4)40)24(2)22-25(3)41-21-19-29-23-28-16-18-33-32-17-15-27-12-8-9-13-31(27)36(32)38(5,6)37(33)35(28)34-14-10-11-20-39(29)34/h8-20,24-26,30,40H,7,21-23H2,1-6H3/q+1/b29-19-/t24-,25?,26?,30?/m0/s1. The van der Waals surface area contributed by atoms with Crippen molar-refractivity contribution in [1.82, 2.24) is 0 Å². The second kappa shape index (κ2) is 10.9. The number of aromatic nitrogens is 1. The first-order valence-corrected chi connectivity index (χ1v) is 15.4. The maximum Gasteiger partial charge on any atom is 0.218 e. The summed E-state index contributed by atoms with van der Waals surface area (Å²) in [6.07, 6.45) is 7.15. The molecular weight excluding hydrogens is 502 g/mol. The van der Waals surface area contributed by atoms with Crippen LogP contribution < -0.4 is 4.57 Å². The van der Waals surface area contributed by atoms with E-state index in [2.05, 4.69) is 118 Å². The second-order valence-corrected chi connectivity index (χ2v) is 12.9. The van der Waals surface area contributed by atoms with Crippen LogP contribution in [0.15, 0.2) is 79.0 Å². The zero-order chi connectivity index (χ0) is 28.9. The maximum atomic E-state index is 10.2. The van der Waals surface area contributed by atoms with Crippen molar-refractivity contribution in [3.8, 4) is 22.4 Å². The van der Waals surface area contributed by atoms with Crippen molar-refractivity contribution in [3.05, 3.63) is 95.7 Å². The van der Waals surface area contributed by atoms with Crippen LogP contribution in [0.5, 0.6) is 0 Å². The van der Waals surface area contributed by atoms with Crippen LogP contribution in [0.4, 0.5) is 0 Å². The van der Waals surface area contributed by atoms with Crippen LogP contribution in [0.2, 0.25) is 0 Å². The summed E-state index contributed by atoms with van der Waals surface area (Å²) in [4.78, 5) is 0. The molecule has 4 aromatic rings. The molecule has 4 atom stereocenters. The smallest absolute Gasteiger partial charge is 0.218 e.